The van der Waals surface area contributed by atoms with E-state index in [1.165, 1.54) is 0 Å². The largest absolute Gasteiger partial charge is 0.337 e. The van der Waals surface area contributed by atoms with E-state index in [0.29, 0.717) is 18.7 Å². The van der Waals surface area contributed by atoms with Gasteiger partial charge in [-0.2, -0.15) is 0 Å². The maximum Gasteiger partial charge on any atom is 0.242 e. The third kappa shape index (κ3) is 1.43. The van der Waals surface area contributed by atoms with Crippen molar-refractivity contribution >= 4 is 23.2 Å². The molecular weight excluding hydrogens is 218 g/mol. The molecule has 0 aliphatic carbocycles. The molecule has 1 aliphatic rings. The van der Waals surface area contributed by atoms with Crippen LogP contribution in [0.2, 0.25) is 0 Å². The second kappa shape index (κ2) is 3.41. The van der Waals surface area contributed by atoms with Gasteiger partial charge in [-0.25, -0.2) is 4.98 Å². The van der Waals surface area contributed by atoms with Crippen molar-refractivity contribution in [2.75, 3.05) is 7.05 Å². The van der Waals surface area contributed by atoms with E-state index in [1.807, 2.05) is 10.6 Å². The number of fused-ring (bicyclic) bond motifs is 3. The quantitative estimate of drug-likeness (QED) is 0.680. The summed E-state index contributed by atoms with van der Waals surface area (Å²) in [5.74, 6) is 0.946. The summed E-state index contributed by atoms with van der Waals surface area (Å²) < 4.78 is 1.91. The van der Waals surface area contributed by atoms with Crippen LogP contribution in [0.25, 0.3) is 11.0 Å². The maximum atomic E-state index is 11.6. The number of nitrogens with zero attached hydrogens (tertiary/aromatic N) is 3. The summed E-state index contributed by atoms with van der Waals surface area (Å²) >= 11 is 0. The summed E-state index contributed by atoms with van der Waals surface area (Å²) in [5.41, 5.74) is 2.28. The monoisotopic (exact) mass is 229 g/mol. The molecule has 0 fully saturated rings. The highest BCUT2D eigenvalue weighted by atomic mass is 16.2. The highest BCUT2D eigenvalue weighted by molar-refractivity contribution is 5.87. The molecular formula is C12H11N3O2. The minimum atomic E-state index is 0.0799. The molecule has 1 amide bonds. The summed E-state index contributed by atoms with van der Waals surface area (Å²) in [6.07, 6.45) is 0.801. The standard InChI is InChI=1S/C12H11N3O2/c1-14-5-11-13-9-4-8(7-16)2-3-10(9)15(11)6-12(14)17/h2-4,7H,5-6H2,1H3. The Balaban J connectivity index is 2.21. The molecule has 0 saturated carbocycles. The zero-order valence-corrected chi connectivity index (χ0v) is 9.38. The number of aldehydes is 1. The Hall–Kier alpha value is -2.17. The van der Waals surface area contributed by atoms with E-state index < -0.39 is 0 Å². The third-order valence-corrected chi connectivity index (χ3v) is 3.09. The molecule has 0 radical (unpaired) electrons. The summed E-state index contributed by atoms with van der Waals surface area (Å²) in [4.78, 5) is 28.5. The van der Waals surface area contributed by atoms with Gasteiger partial charge in [-0.05, 0) is 18.2 Å². The van der Waals surface area contributed by atoms with Crippen molar-refractivity contribution < 1.29 is 9.59 Å². The van der Waals surface area contributed by atoms with Gasteiger partial charge < -0.3 is 9.47 Å². The molecule has 0 spiro atoms. The number of rotatable bonds is 1. The van der Waals surface area contributed by atoms with Gasteiger partial charge in [0.2, 0.25) is 5.91 Å². The summed E-state index contributed by atoms with van der Waals surface area (Å²) in [7, 11) is 1.77. The fourth-order valence-corrected chi connectivity index (χ4v) is 2.12. The van der Waals surface area contributed by atoms with Gasteiger partial charge in [-0.1, -0.05) is 0 Å². The lowest BCUT2D eigenvalue weighted by molar-refractivity contribution is -0.132. The van der Waals surface area contributed by atoms with Crippen LogP contribution >= 0.6 is 0 Å². The van der Waals surface area contributed by atoms with Crippen molar-refractivity contribution in [1.29, 1.82) is 0 Å². The number of hydrogen-bond acceptors (Lipinski definition) is 3. The second-order valence-corrected chi connectivity index (χ2v) is 4.23. The first kappa shape index (κ1) is 10.0. The maximum absolute atomic E-state index is 11.6. The fourth-order valence-electron chi connectivity index (χ4n) is 2.12. The van der Waals surface area contributed by atoms with Crippen molar-refractivity contribution in [2.45, 2.75) is 13.1 Å². The lowest BCUT2D eigenvalue weighted by Crippen LogP contribution is -2.36. The Labute approximate surface area is 97.7 Å². The van der Waals surface area contributed by atoms with Crippen LogP contribution in [0.5, 0.6) is 0 Å². The van der Waals surface area contributed by atoms with Gasteiger partial charge in [0.15, 0.2) is 0 Å². The number of benzene rings is 1. The topological polar surface area (TPSA) is 55.2 Å². The van der Waals surface area contributed by atoms with Crippen LogP contribution in [0, 0.1) is 0 Å². The highest BCUT2D eigenvalue weighted by Gasteiger charge is 2.22. The molecule has 0 N–H and O–H groups in total. The summed E-state index contributed by atoms with van der Waals surface area (Å²) in [6.45, 7) is 0.840. The predicted octanol–water partition coefficient (Wildman–Crippen LogP) is 0.821. The van der Waals surface area contributed by atoms with Crippen LogP contribution in [0.3, 0.4) is 0 Å². The first-order valence-corrected chi connectivity index (χ1v) is 5.37. The molecule has 0 saturated heterocycles. The molecule has 5 nitrogen and oxygen atoms in total. The average Bonchev–Trinajstić information content (AvgIpc) is 2.66. The van der Waals surface area contributed by atoms with Gasteiger partial charge in [0, 0.05) is 12.6 Å². The van der Waals surface area contributed by atoms with Gasteiger partial charge in [0.25, 0.3) is 0 Å². The Morgan fingerprint density at radius 2 is 2.18 bits per heavy atom. The first-order chi connectivity index (χ1) is 8.19. The van der Waals surface area contributed by atoms with E-state index in [-0.39, 0.29) is 5.91 Å². The molecule has 1 aromatic heterocycles. The van der Waals surface area contributed by atoms with Crippen LogP contribution in [0.1, 0.15) is 16.2 Å². The summed E-state index contributed by atoms with van der Waals surface area (Å²) in [6, 6.07) is 5.33. The molecule has 0 atom stereocenters. The Morgan fingerprint density at radius 3 is 2.94 bits per heavy atom. The zero-order valence-electron chi connectivity index (χ0n) is 9.38. The lowest BCUT2D eigenvalue weighted by Gasteiger charge is -2.23. The van der Waals surface area contributed by atoms with Crippen LogP contribution in [0.4, 0.5) is 0 Å². The molecule has 5 heteroatoms. The molecule has 1 aliphatic heterocycles. The number of likely N-dealkylation sites (N-methyl/N-ethyl adjacent to an activating group) is 1. The van der Waals surface area contributed by atoms with Crippen molar-refractivity contribution in [2.24, 2.45) is 0 Å². The van der Waals surface area contributed by atoms with Crippen molar-refractivity contribution in [3.05, 3.63) is 29.6 Å². The zero-order chi connectivity index (χ0) is 12.0. The molecule has 3 rings (SSSR count). The van der Waals surface area contributed by atoms with Crippen LogP contribution < -0.4 is 0 Å². The first-order valence-electron chi connectivity index (χ1n) is 5.37. The predicted molar refractivity (Wildman–Crippen MR) is 61.6 cm³/mol. The molecule has 1 aromatic carbocycles. The van der Waals surface area contributed by atoms with Crippen molar-refractivity contribution in [1.82, 2.24) is 14.5 Å². The number of carbonyl (C=O) groups excluding carboxylic acids is 2. The number of carbonyl (C=O) groups is 2. The van der Waals surface area contributed by atoms with Gasteiger partial charge in [0.05, 0.1) is 17.6 Å². The van der Waals surface area contributed by atoms with Gasteiger partial charge in [-0.15, -0.1) is 0 Å². The Kier molecular flexibility index (Phi) is 2.01. The minimum Gasteiger partial charge on any atom is -0.337 e. The fraction of sp³-hybridized carbons (Fsp3) is 0.250. The Bertz CT molecular complexity index is 630. The molecule has 2 heterocycles. The SMILES string of the molecule is CN1Cc2nc3cc(C=O)ccc3n2CC1=O. The smallest absolute Gasteiger partial charge is 0.242 e. The van der Waals surface area contributed by atoms with Crippen molar-refractivity contribution in [3.8, 4) is 0 Å². The van der Waals surface area contributed by atoms with Crippen molar-refractivity contribution in [3.63, 3.8) is 0 Å². The van der Waals surface area contributed by atoms with Gasteiger partial charge in [0.1, 0.15) is 18.7 Å². The Morgan fingerprint density at radius 1 is 1.35 bits per heavy atom. The lowest BCUT2D eigenvalue weighted by atomic mass is 10.2. The highest BCUT2D eigenvalue weighted by Crippen LogP contribution is 2.21. The van der Waals surface area contributed by atoms with Crippen LogP contribution in [-0.2, 0) is 17.9 Å². The average molecular weight is 229 g/mol. The van der Waals surface area contributed by atoms with E-state index in [4.69, 9.17) is 0 Å². The molecule has 2 aromatic rings. The van der Waals surface area contributed by atoms with E-state index in [9.17, 15) is 9.59 Å². The van der Waals surface area contributed by atoms with Crippen LogP contribution in [0.15, 0.2) is 18.2 Å². The minimum absolute atomic E-state index is 0.0799. The molecule has 0 bridgehead atoms. The van der Waals surface area contributed by atoms with E-state index in [1.54, 1.807) is 24.1 Å². The number of hydrogen-bond donors (Lipinski definition) is 0. The normalized spacial score (nSPS) is 15.1. The van der Waals surface area contributed by atoms with Crippen LogP contribution in [-0.4, -0.2) is 33.7 Å². The molecule has 0 unspecified atom stereocenters. The second-order valence-electron chi connectivity index (χ2n) is 4.23. The number of amides is 1. The molecule has 86 valence electrons. The van der Waals surface area contributed by atoms with Gasteiger partial charge >= 0.3 is 0 Å². The van der Waals surface area contributed by atoms with E-state index in [0.717, 1.165) is 23.1 Å². The third-order valence-electron chi connectivity index (χ3n) is 3.09. The summed E-state index contributed by atoms with van der Waals surface area (Å²) in [5, 5.41) is 0. The van der Waals surface area contributed by atoms with E-state index >= 15 is 0 Å². The van der Waals surface area contributed by atoms with Gasteiger partial charge in [-0.3, -0.25) is 9.59 Å². The van der Waals surface area contributed by atoms with E-state index in [2.05, 4.69) is 4.98 Å². The number of aromatic nitrogens is 2. The molecule has 17 heavy (non-hydrogen) atoms. The number of imidazole rings is 1.